The minimum Gasteiger partial charge on any atom is -0.464 e. The molecule has 0 aromatic carbocycles. The van der Waals surface area contributed by atoms with Crippen LogP contribution in [0.3, 0.4) is 0 Å². The third-order valence-electron chi connectivity index (χ3n) is 1.40. The van der Waals surface area contributed by atoms with Gasteiger partial charge in [-0.3, -0.25) is 0 Å². The third kappa shape index (κ3) is 11.3. The van der Waals surface area contributed by atoms with Crippen LogP contribution in [0.15, 0.2) is 0 Å². The first-order chi connectivity index (χ1) is 6.34. The van der Waals surface area contributed by atoms with Gasteiger partial charge < -0.3 is 19.7 Å². The van der Waals surface area contributed by atoms with E-state index in [2.05, 4.69) is 0 Å². The molecule has 1 atom stereocenters. The molecule has 1 rings (SSSR count). The van der Waals surface area contributed by atoms with Crippen molar-refractivity contribution in [1.82, 2.24) is 0 Å². The molecule has 1 fully saturated rings. The van der Waals surface area contributed by atoms with Gasteiger partial charge in [-0.05, 0) is 26.7 Å². The lowest BCUT2D eigenvalue weighted by molar-refractivity contribution is -0.160. The number of rotatable bonds is 1. The van der Waals surface area contributed by atoms with Crippen molar-refractivity contribution in [3.05, 3.63) is 0 Å². The molecule has 5 nitrogen and oxygen atoms in total. The maximum absolute atomic E-state index is 10.7. The molecule has 0 amide bonds. The molecule has 1 aliphatic heterocycles. The SMILES string of the molecule is C.CC(C)(O)O.COC1CCCOC1=O. The van der Waals surface area contributed by atoms with Crippen LogP contribution in [-0.4, -0.2) is 41.8 Å². The smallest absolute Gasteiger partial charge is 0.335 e. The third-order valence-corrected chi connectivity index (χ3v) is 1.40. The maximum atomic E-state index is 10.7. The van der Waals surface area contributed by atoms with Crippen LogP contribution < -0.4 is 0 Å². The molecule has 1 saturated heterocycles. The second-order valence-electron chi connectivity index (χ2n) is 3.53. The number of esters is 1. The molecule has 0 aromatic heterocycles. The number of hydrogen-bond donors (Lipinski definition) is 2. The standard InChI is InChI=1S/C6H10O3.C3H8O2.CH4/c1-8-5-3-2-4-9-6(5)7;1-3(2,4)5;/h5H,2-4H2,1H3;4-5H,1-2H3;1H4. The van der Waals surface area contributed by atoms with E-state index >= 15 is 0 Å². The molecule has 0 bridgehead atoms. The Morgan fingerprint density at radius 2 is 1.93 bits per heavy atom. The Hall–Kier alpha value is -0.650. The second-order valence-corrected chi connectivity index (χ2v) is 3.53. The van der Waals surface area contributed by atoms with E-state index in [0.29, 0.717) is 6.61 Å². The minimum atomic E-state index is -1.50. The summed E-state index contributed by atoms with van der Waals surface area (Å²) in [5.74, 6) is -1.72. The largest absolute Gasteiger partial charge is 0.464 e. The van der Waals surface area contributed by atoms with Gasteiger partial charge in [-0.1, -0.05) is 7.43 Å². The summed E-state index contributed by atoms with van der Waals surface area (Å²) >= 11 is 0. The summed E-state index contributed by atoms with van der Waals surface area (Å²) in [7, 11) is 1.53. The van der Waals surface area contributed by atoms with Crippen LogP contribution in [-0.2, 0) is 14.3 Å². The highest BCUT2D eigenvalue weighted by Crippen LogP contribution is 2.09. The average Bonchev–Trinajstić information content (AvgIpc) is 2.02. The zero-order valence-electron chi connectivity index (χ0n) is 8.82. The lowest BCUT2D eigenvalue weighted by Crippen LogP contribution is -2.30. The molecule has 0 aromatic rings. The fourth-order valence-electron chi connectivity index (χ4n) is 0.866. The fraction of sp³-hybridized carbons (Fsp3) is 0.900. The lowest BCUT2D eigenvalue weighted by atomic mass is 10.2. The first-order valence-electron chi connectivity index (χ1n) is 4.49. The van der Waals surface area contributed by atoms with Gasteiger partial charge in [-0.25, -0.2) is 4.79 Å². The molecular formula is C10H22O5. The number of cyclic esters (lactones) is 1. The van der Waals surface area contributed by atoms with Gasteiger partial charge in [0.15, 0.2) is 11.9 Å². The summed E-state index contributed by atoms with van der Waals surface area (Å²) in [6, 6.07) is 0. The molecule has 0 aliphatic carbocycles. The zero-order chi connectivity index (χ0) is 11.2. The summed E-state index contributed by atoms with van der Waals surface area (Å²) in [6.07, 6.45) is 1.42. The lowest BCUT2D eigenvalue weighted by Gasteiger charge is -2.18. The van der Waals surface area contributed by atoms with E-state index in [9.17, 15) is 4.79 Å². The minimum absolute atomic E-state index is 0. The van der Waals surface area contributed by atoms with E-state index in [1.54, 1.807) is 0 Å². The van der Waals surface area contributed by atoms with Crippen molar-refractivity contribution < 1.29 is 24.5 Å². The van der Waals surface area contributed by atoms with Crippen molar-refractivity contribution in [3.63, 3.8) is 0 Å². The van der Waals surface area contributed by atoms with Crippen LogP contribution in [0.25, 0.3) is 0 Å². The number of aliphatic hydroxyl groups is 2. The highest BCUT2D eigenvalue weighted by atomic mass is 16.6. The Balaban J connectivity index is 0. The number of hydrogen-bond acceptors (Lipinski definition) is 5. The predicted molar refractivity (Wildman–Crippen MR) is 56.2 cm³/mol. The van der Waals surface area contributed by atoms with Crippen molar-refractivity contribution in [3.8, 4) is 0 Å². The molecule has 2 N–H and O–H groups in total. The first kappa shape index (κ1) is 16.8. The Morgan fingerprint density at radius 3 is 2.20 bits per heavy atom. The molecule has 5 heteroatoms. The van der Waals surface area contributed by atoms with E-state index in [0.717, 1.165) is 12.8 Å². The van der Waals surface area contributed by atoms with E-state index in [1.807, 2.05) is 0 Å². The quantitative estimate of drug-likeness (QED) is 0.504. The number of ether oxygens (including phenoxy) is 2. The van der Waals surface area contributed by atoms with Crippen molar-refractivity contribution in [2.45, 2.75) is 46.0 Å². The topological polar surface area (TPSA) is 76.0 Å². The van der Waals surface area contributed by atoms with Crippen LogP contribution in [0.2, 0.25) is 0 Å². The molecule has 1 aliphatic rings. The monoisotopic (exact) mass is 222 g/mol. The predicted octanol–water partition coefficient (Wildman–Crippen LogP) is 0.682. The van der Waals surface area contributed by atoms with Gasteiger partial charge in [-0.2, -0.15) is 0 Å². The Morgan fingerprint density at radius 1 is 1.47 bits per heavy atom. The maximum Gasteiger partial charge on any atom is 0.335 e. The van der Waals surface area contributed by atoms with Crippen molar-refractivity contribution in [1.29, 1.82) is 0 Å². The van der Waals surface area contributed by atoms with E-state index in [1.165, 1.54) is 21.0 Å². The molecule has 0 saturated carbocycles. The molecule has 1 heterocycles. The Bertz CT molecular complexity index is 167. The Kier molecular flexibility index (Phi) is 8.51. The number of carbonyl (C=O) groups is 1. The molecule has 0 spiro atoms. The number of methoxy groups -OCH3 is 1. The van der Waals surface area contributed by atoms with E-state index in [4.69, 9.17) is 19.7 Å². The molecule has 92 valence electrons. The van der Waals surface area contributed by atoms with Gasteiger partial charge >= 0.3 is 5.97 Å². The van der Waals surface area contributed by atoms with E-state index < -0.39 is 5.79 Å². The molecular weight excluding hydrogens is 200 g/mol. The van der Waals surface area contributed by atoms with Crippen LogP contribution in [0.1, 0.15) is 34.1 Å². The van der Waals surface area contributed by atoms with Crippen LogP contribution in [0.4, 0.5) is 0 Å². The van der Waals surface area contributed by atoms with Gasteiger partial charge in [-0.15, -0.1) is 0 Å². The van der Waals surface area contributed by atoms with Crippen molar-refractivity contribution in [2.75, 3.05) is 13.7 Å². The van der Waals surface area contributed by atoms with Gasteiger partial charge in [0.1, 0.15) is 0 Å². The summed E-state index contributed by atoms with van der Waals surface area (Å²) in [6.45, 7) is 3.15. The highest BCUT2D eigenvalue weighted by Gasteiger charge is 2.22. The van der Waals surface area contributed by atoms with Gasteiger partial charge in [0.05, 0.1) is 6.61 Å². The van der Waals surface area contributed by atoms with Crippen LogP contribution >= 0.6 is 0 Å². The fourth-order valence-corrected chi connectivity index (χ4v) is 0.866. The summed E-state index contributed by atoms with van der Waals surface area (Å²) in [4.78, 5) is 10.7. The summed E-state index contributed by atoms with van der Waals surface area (Å²) < 4.78 is 9.55. The zero-order valence-corrected chi connectivity index (χ0v) is 8.82. The van der Waals surface area contributed by atoms with Gasteiger partial charge in [0.2, 0.25) is 0 Å². The second kappa shape index (κ2) is 7.62. The normalized spacial score (nSPS) is 20.6. The van der Waals surface area contributed by atoms with Crippen LogP contribution in [0.5, 0.6) is 0 Å². The molecule has 15 heavy (non-hydrogen) atoms. The van der Waals surface area contributed by atoms with Crippen molar-refractivity contribution >= 4 is 5.97 Å². The average molecular weight is 222 g/mol. The summed E-state index contributed by atoms with van der Waals surface area (Å²) in [5.41, 5.74) is 0. The highest BCUT2D eigenvalue weighted by molar-refractivity contribution is 5.75. The van der Waals surface area contributed by atoms with Crippen LogP contribution in [0, 0.1) is 0 Å². The summed E-state index contributed by atoms with van der Waals surface area (Å²) in [5, 5.41) is 16.2. The van der Waals surface area contributed by atoms with Crippen molar-refractivity contribution in [2.24, 2.45) is 0 Å². The van der Waals surface area contributed by atoms with E-state index in [-0.39, 0.29) is 19.5 Å². The molecule has 0 radical (unpaired) electrons. The number of carbonyl (C=O) groups excluding carboxylic acids is 1. The Labute approximate surface area is 91.0 Å². The first-order valence-corrected chi connectivity index (χ1v) is 4.49. The van der Waals surface area contributed by atoms with Gasteiger partial charge in [0, 0.05) is 7.11 Å². The molecule has 1 unspecified atom stereocenters. The van der Waals surface area contributed by atoms with Gasteiger partial charge in [0.25, 0.3) is 0 Å².